The number of rotatable bonds is 8. The fraction of sp³-hybridized carbons (Fsp3) is 0.333. The molecule has 1 aliphatic rings. The summed E-state index contributed by atoms with van der Waals surface area (Å²) < 4.78 is 28.8. The number of hydrogen-bond donors (Lipinski definition) is 2. The van der Waals surface area contributed by atoms with Gasteiger partial charge in [-0.25, -0.2) is 28.1 Å². The van der Waals surface area contributed by atoms with Crippen LogP contribution in [-0.4, -0.2) is 53.8 Å². The largest absolute Gasteiger partial charge is 0.384 e. The van der Waals surface area contributed by atoms with Crippen LogP contribution in [0.3, 0.4) is 0 Å². The van der Waals surface area contributed by atoms with Gasteiger partial charge in [0, 0.05) is 25.0 Å². The Labute approximate surface area is 218 Å². The fourth-order valence-electron chi connectivity index (χ4n) is 4.66. The van der Waals surface area contributed by atoms with Crippen molar-refractivity contribution in [1.29, 1.82) is 0 Å². The Morgan fingerprint density at radius 3 is 2.76 bits per heavy atom. The zero-order valence-electron chi connectivity index (χ0n) is 21.2. The van der Waals surface area contributed by atoms with Gasteiger partial charge in [-0.2, -0.15) is 4.98 Å². The molecule has 0 aliphatic carbocycles. The van der Waals surface area contributed by atoms with Crippen molar-refractivity contribution in [1.82, 2.24) is 29.2 Å². The number of anilines is 2. The van der Waals surface area contributed by atoms with Gasteiger partial charge in [0.1, 0.15) is 11.0 Å². The second-order valence-corrected chi connectivity index (χ2v) is 9.84. The highest BCUT2D eigenvalue weighted by molar-refractivity contribution is 5.77. The molecule has 0 spiro atoms. The Kier molecular flexibility index (Phi) is 6.80. The van der Waals surface area contributed by atoms with E-state index in [1.807, 2.05) is 18.2 Å². The molecule has 0 saturated heterocycles. The van der Waals surface area contributed by atoms with Crippen molar-refractivity contribution in [2.75, 3.05) is 18.4 Å². The van der Waals surface area contributed by atoms with Crippen LogP contribution in [0.15, 0.2) is 60.0 Å². The number of fused-ring (bicyclic) bond motifs is 2. The van der Waals surface area contributed by atoms with Gasteiger partial charge in [0.25, 0.3) is 12.0 Å². The molecule has 0 radical (unpaired) electrons. The first kappa shape index (κ1) is 25.7. The van der Waals surface area contributed by atoms with Gasteiger partial charge in [-0.15, -0.1) is 6.58 Å². The van der Waals surface area contributed by atoms with E-state index in [1.165, 1.54) is 10.9 Å². The van der Waals surface area contributed by atoms with Crippen LogP contribution in [-0.2, 0) is 25.1 Å². The smallest absolute Gasteiger partial charge is 0.278 e. The molecule has 0 atom stereocenters. The number of aromatic nitrogens is 5. The quantitative estimate of drug-likeness (QED) is 0.341. The maximum Gasteiger partial charge on any atom is 0.278 e. The average molecular weight is 522 g/mol. The number of allylic oxidation sites excluding steroid dienone is 1. The Hall–Kier alpha value is -3.96. The highest BCUT2D eigenvalue weighted by Crippen LogP contribution is 2.26. The van der Waals surface area contributed by atoms with E-state index < -0.39 is 12.0 Å². The van der Waals surface area contributed by atoms with E-state index in [2.05, 4.69) is 26.8 Å². The first-order valence-corrected chi connectivity index (χ1v) is 12.3. The first-order valence-electron chi connectivity index (χ1n) is 12.3. The summed E-state index contributed by atoms with van der Waals surface area (Å²) in [5, 5.41) is 14.0. The van der Waals surface area contributed by atoms with Crippen LogP contribution in [0.5, 0.6) is 0 Å². The normalized spacial score (nSPS) is 14.2. The van der Waals surface area contributed by atoms with Gasteiger partial charge >= 0.3 is 0 Å². The lowest BCUT2D eigenvalue weighted by Crippen LogP contribution is -2.34. The number of halogens is 2. The second kappa shape index (κ2) is 10.1. The number of aliphatic hydroxyl groups is 1. The number of alkyl halides is 2. The zero-order valence-corrected chi connectivity index (χ0v) is 21.2. The number of benzene rings is 1. The molecule has 11 heteroatoms. The highest BCUT2D eigenvalue weighted by Gasteiger charge is 2.22. The van der Waals surface area contributed by atoms with E-state index in [-0.39, 0.29) is 24.6 Å². The molecule has 0 fully saturated rings. The van der Waals surface area contributed by atoms with E-state index in [4.69, 9.17) is 0 Å². The third-order valence-corrected chi connectivity index (χ3v) is 6.51. The lowest BCUT2D eigenvalue weighted by molar-refractivity contribution is 0.0737. The average Bonchev–Trinajstić information content (AvgIpc) is 3.14. The van der Waals surface area contributed by atoms with E-state index in [0.717, 1.165) is 11.1 Å². The predicted octanol–water partition coefficient (Wildman–Crippen LogP) is 3.76. The van der Waals surface area contributed by atoms with Gasteiger partial charge in [-0.1, -0.05) is 18.2 Å². The van der Waals surface area contributed by atoms with Crippen molar-refractivity contribution < 1.29 is 13.9 Å². The molecule has 2 N–H and O–H groups in total. The molecule has 3 aromatic heterocycles. The lowest BCUT2D eigenvalue weighted by Gasteiger charge is -2.28. The van der Waals surface area contributed by atoms with Gasteiger partial charge in [-0.3, -0.25) is 9.69 Å². The summed E-state index contributed by atoms with van der Waals surface area (Å²) in [6.45, 7) is 8.05. The molecular formula is C27H29F2N7O2. The Balaban J connectivity index is 1.53. The maximum atomic E-state index is 13.2. The monoisotopic (exact) mass is 521 g/mol. The van der Waals surface area contributed by atoms with Crippen LogP contribution in [0.4, 0.5) is 20.4 Å². The lowest BCUT2D eigenvalue weighted by atomic mass is 9.99. The maximum absolute atomic E-state index is 13.2. The molecule has 38 heavy (non-hydrogen) atoms. The molecule has 9 nitrogen and oxygen atoms in total. The molecule has 0 amide bonds. The van der Waals surface area contributed by atoms with E-state index in [1.54, 1.807) is 47.7 Å². The van der Waals surface area contributed by atoms with Gasteiger partial charge in [0.15, 0.2) is 11.5 Å². The minimum Gasteiger partial charge on any atom is -0.384 e. The fourth-order valence-corrected chi connectivity index (χ4v) is 4.66. The third-order valence-electron chi connectivity index (χ3n) is 6.51. The molecule has 5 rings (SSSR count). The highest BCUT2D eigenvalue weighted by atomic mass is 19.3. The number of nitrogens with one attached hydrogen (secondary N) is 1. The van der Waals surface area contributed by atoms with Crippen molar-refractivity contribution >= 4 is 22.7 Å². The Morgan fingerprint density at radius 1 is 1.21 bits per heavy atom. The van der Waals surface area contributed by atoms with Crippen molar-refractivity contribution in [3.05, 3.63) is 82.4 Å². The second-order valence-electron chi connectivity index (χ2n) is 9.84. The van der Waals surface area contributed by atoms with Crippen molar-refractivity contribution in [3.63, 3.8) is 0 Å². The summed E-state index contributed by atoms with van der Waals surface area (Å²) in [4.78, 5) is 28.5. The van der Waals surface area contributed by atoms with Gasteiger partial charge in [0.2, 0.25) is 5.95 Å². The van der Waals surface area contributed by atoms with Crippen molar-refractivity contribution in [3.8, 4) is 5.82 Å². The Bertz CT molecular complexity index is 1560. The van der Waals surface area contributed by atoms with Crippen LogP contribution >= 0.6 is 0 Å². The Morgan fingerprint density at radius 2 is 2.03 bits per heavy atom. The summed E-state index contributed by atoms with van der Waals surface area (Å²) in [5.74, 6) is 0.678. The van der Waals surface area contributed by atoms with Crippen molar-refractivity contribution in [2.24, 2.45) is 0 Å². The van der Waals surface area contributed by atoms with E-state index in [9.17, 15) is 18.7 Å². The van der Waals surface area contributed by atoms with Crippen LogP contribution in [0.25, 0.3) is 16.9 Å². The van der Waals surface area contributed by atoms with Crippen LogP contribution in [0.1, 0.15) is 30.7 Å². The summed E-state index contributed by atoms with van der Waals surface area (Å²) in [5.41, 5.74) is 2.13. The van der Waals surface area contributed by atoms with Gasteiger partial charge < -0.3 is 10.4 Å². The molecule has 1 aliphatic heterocycles. The summed E-state index contributed by atoms with van der Waals surface area (Å²) >= 11 is 0. The SMILES string of the molecule is C=CCn1c(=O)c2cnc(Nc3ccc4c(c3)CN(CC(F)F)CC4)nc2n1-c1cccc(C(C)(C)O)n1. The van der Waals surface area contributed by atoms with Crippen molar-refractivity contribution in [2.45, 2.75) is 45.4 Å². The minimum atomic E-state index is -2.37. The van der Waals surface area contributed by atoms with Gasteiger partial charge in [0.05, 0.1) is 18.8 Å². The minimum absolute atomic E-state index is 0.215. The molecule has 4 aromatic rings. The summed E-state index contributed by atoms with van der Waals surface area (Å²) in [6, 6.07) is 11.0. The van der Waals surface area contributed by atoms with Gasteiger partial charge in [-0.05, 0) is 55.7 Å². The first-order chi connectivity index (χ1) is 18.1. The molecule has 0 saturated carbocycles. The molecule has 198 valence electrons. The zero-order chi connectivity index (χ0) is 27.0. The molecular weight excluding hydrogens is 492 g/mol. The number of pyridine rings is 1. The summed E-state index contributed by atoms with van der Waals surface area (Å²) in [6.07, 6.45) is 1.41. The molecule has 0 unspecified atom stereocenters. The van der Waals surface area contributed by atoms with E-state index in [0.29, 0.717) is 47.7 Å². The standard InChI is InChI=1S/C27H29F2N7O2/c1-4-11-35-25(37)20-14-30-26(33-24(20)36(35)23-7-5-6-21(32-23)27(2,3)38)31-19-9-8-17-10-12-34(16-22(28)29)15-18(17)13-19/h4-9,13-14,22,38H,1,10-12,15-16H2,2-3H3,(H,30,31,33). The van der Waals surface area contributed by atoms with E-state index >= 15 is 0 Å². The molecule has 4 heterocycles. The third kappa shape index (κ3) is 5.07. The molecule has 1 aromatic carbocycles. The predicted molar refractivity (Wildman–Crippen MR) is 141 cm³/mol. The van der Waals surface area contributed by atoms with Crippen LogP contribution < -0.4 is 10.9 Å². The number of nitrogens with zero attached hydrogens (tertiary/aromatic N) is 6. The van der Waals surface area contributed by atoms with Crippen LogP contribution in [0.2, 0.25) is 0 Å². The molecule has 0 bridgehead atoms. The number of hydrogen-bond acceptors (Lipinski definition) is 7. The summed E-state index contributed by atoms with van der Waals surface area (Å²) in [7, 11) is 0. The topological polar surface area (TPSA) is 101 Å². The van der Waals surface area contributed by atoms with Crippen LogP contribution in [0, 0.1) is 0 Å².